The molecule has 0 unspecified atom stereocenters. The van der Waals surface area contributed by atoms with Gasteiger partial charge >= 0.3 is 5.91 Å². The largest absolute Gasteiger partial charge is 0.431 e. The minimum atomic E-state index is -0.645. The summed E-state index contributed by atoms with van der Waals surface area (Å²) in [5.41, 5.74) is 6.34. The maximum Gasteiger partial charge on any atom is 0.304 e. The third-order valence-electron chi connectivity index (χ3n) is 1.81. The number of oxazole rings is 1. The van der Waals surface area contributed by atoms with E-state index in [1.54, 1.807) is 6.07 Å². The van der Waals surface area contributed by atoms with Gasteiger partial charge in [-0.1, -0.05) is 6.07 Å². The molecule has 0 aliphatic carbocycles. The fourth-order valence-electron chi connectivity index (χ4n) is 1.19. The van der Waals surface area contributed by atoms with Crippen molar-refractivity contribution in [3.63, 3.8) is 0 Å². The lowest BCUT2D eigenvalue weighted by Gasteiger charge is -1.93. The van der Waals surface area contributed by atoms with Gasteiger partial charge in [-0.3, -0.25) is 4.79 Å². The number of aromatic nitrogens is 1. The summed E-state index contributed by atoms with van der Waals surface area (Å²) in [5, 5.41) is 0. The van der Waals surface area contributed by atoms with E-state index in [0.29, 0.717) is 11.1 Å². The summed E-state index contributed by atoms with van der Waals surface area (Å²) in [6.45, 7) is 0. The normalized spacial score (nSPS) is 10.6. The number of thioether (sulfide) groups is 1. The summed E-state index contributed by atoms with van der Waals surface area (Å²) in [5.74, 6) is -0.685. The smallest absolute Gasteiger partial charge is 0.304 e. The van der Waals surface area contributed by atoms with Crippen molar-refractivity contribution < 1.29 is 9.21 Å². The summed E-state index contributed by atoms with van der Waals surface area (Å²) < 4.78 is 5.24. The summed E-state index contributed by atoms with van der Waals surface area (Å²) in [6.07, 6.45) is 1.93. The van der Waals surface area contributed by atoms with E-state index < -0.39 is 5.91 Å². The van der Waals surface area contributed by atoms with Gasteiger partial charge in [-0.25, -0.2) is 4.98 Å². The van der Waals surface area contributed by atoms with Gasteiger partial charge in [-0.05, 0) is 18.4 Å². The molecule has 0 spiro atoms. The van der Waals surface area contributed by atoms with Crippen LogP contribution in [0, 0.1) is 0 Å². The van der Waals surface area contributed by atoms with Gasteiger partial charge in [0.05, 0.1) is 4.90 Å². The van der Waals surface area contributed by atoms with Crippen LogP contribution in [0.25, 0.3) is 11.1 Å². The van der Waals surface area contributed by atoms with Crippen molar-refractivity contribution in [3.8, 4) is 0 Å². The maximum absolute atomic E-state index is 10.8. The molecule has 2 rings (SSSR count). The van der Waals surface area contributed by atoms with Gasteiger partial charge in [0.2, 0.25) is 0 Å². The van der Waals surface area contributed by atoms with Crippen molar-refractivity contribution in [2.45, 2.75) is 4.90 Å². The van der Waals surface area contributed by atoms with E-state index in [2.05, 4.69) is 4.98 Å². The topological polar surface area (TPSA) is 69.1 Å². The molecular formula is C9H8N2O2S. The van der Waals surface area contributed by atoms with E-state index in [1.165, 1.54) is 11.8 Å². The average Bonchev–Trinajstić information content (AvgIpc) is 2.60. The second-order valence-electron chi connectivity index (χ2n) is 2.69. The first-order valence-electron chi connectivity index (χ1n) is 3.95. The third kappa shape index (κ3) is 1.35. The van der Waals surface area contributed by atoms with Gasteiger partial charge in [0.1, 0.15) is 5.52 Å². The maximum atomic E-state index is 10.8. The summed E-state index contributed by atoms with van der Waals surface area (Å²) in [6, 6.07) is 5.55. The Kier molecular flexibility index (Phi) is 2.17. The predicted molar refractivity (Wildman–Crippen MR) is 54.3 cm³/mol. The zero-order chi connectivity index (χ0) is 10.1. The molecule has 1 heterocycles. The highest BCUT2D eigenvalue weighted by Gasteiger charge is 2.12. The van der Waals surface area contributed by atoms with Gasteiger partial charge < -0.3 is 10.2 Å². The highest BCUT2D eigenvalue weighted by molar-refractivity contribution is 7.98. The number of benzene rings is 1. The number of carbonyl (C=O) groups excluding carboxylic acids is 1. The Morgan fingerprint density at radius 1 is 1.57 bits per heavy atom. The van der Waals surface area contributed by atoms with Crippen LogP contribution in [0.5, 0.6) is 0 Å². The number of para-hydroxylation sites is 1. The Bertz CT molecular complexity index is 493. The number of hydrogen-bond donors (Lipinski definition) is 1. The van der Waals surface area contributed by atoms with E-state index >= 15 is 0 Å². The minimum Gasteiger partial charge on any atom is -0.431 e. The average molecular weight is 208 g/mol. The van der Waals surface area contributed by atoms with Crippen LogP contribution in [0.1, 0.15) is 10.7 Å². The van der Waals surface area contributed by atoms with Gasteiger partial charge in [-0.15, -0.1) is 11.8 Å². The minimum absolute atomic E-state index is 0.0403. The quantitative estimate of drug-likeness (QED) is 0.762. The molecule has 14 heavy (non-hydrogen) atoms. The molecule has 2 N–H and O–H groups in total. The fraction of sp³-hybridized carbons (Fsp3) is 0.111. The first kappa shape index (κ1) is 9.08. The molecule has 0 saturated heterocycles. The standard InChI is InChI=1S/C9H8N2O2S/c1-14-6-4-2-3-5-7(6)13-9(11-5)8(10)12/h2-4H,1H3,(H2,10,12). The van der Waals surface area contributed by atoms with Crippen molar-refractivity contribution >= 4 is 28.8 Å². The first-order chi connectivity index (χ1) is 6.72. The number of amides is 1. The van der Waals surface area contributed by atoms with E-state index in [9.17, 15) is 4.79 Å². The highest BCUT2D eigenvalue weighted by atomic mass is 32.2. The van der Waals surface area contributed by atoms with Crippen LogP contribution in [0.15, 0.2) is 27.5 Å². The summed E-state index contributed by atoms with van der Waals surface area (Å²) in [7, 11) is 0. The molecule has 1 aromatic heterocycles. The molecule has 1 amide bonds. The Labute approximate surface area is 84.5 Å². The molecule has 5 heteroatoms. The van der Waals surface area contributed by atoms with Crippen LogP contribution in [0.3, 0.4) is 0 Å². The Morgan fingerprint density at radius 3 is 3.00 bits per heavy atom. The molecule has 0 aliphatic rings. The second kappa shape index (κ2) is 3.34. The van der Waals surface area contributed by atoms with Crippen LogP contribution in [0.2, 0.25) is 0 Å². The molecule has 0 fully saturated rings. The Morgan fingerprint density at radius 2 is 2.36 bits per heavy atom. The second-order valence-corrected chi connectivity index (χ2v) is 3.54. The monoisotopic (exact) mass is 208 g/mol. The van der Waals surface area contributed by atoms with E-state index in [4.69, 9.17) is 10.2 Å². The SMILES string of the molecule is CSc1cccc2nc(C(N)=O)oc12. The van der Waals surface area contributed by atoms with Gasteiger partial charge in [0, 0.05) is 0 Å². The van der Waals surface area contributed by atoms with E-state index in [0.717, 1.165) is 4.90 Å². The number of hydrogen-bond acceptors (Lipinski definition) is 4. The third-order valence-corrected chi connectivity index (χ3v) is 2.57. The molecule has 4 nitrogen and oxygen atoms in total. The van der Waals surface area contributed by atoms with Crippen molar-refractivity contribution in [1.29, 1.82) is 0 Å². The van der Waals surface area contributed by atoms with Crippen molar-refractivity contribution in [1.82, 2.24) is 4.98 Å². The van der Waals surface area contributed by atoms with Crippen LogP contribution >= 0.6 is 11.8 Å². The lowest BCUT2D eigenvalue weighted by Crippen LogP contribution is -2.10. The van der Waals surface area contributed by atoms with Gasteiger partial charge in [0.15, 0.2) is 5.58 Å². The van der Waals surface area contributed by atoms with Crippen molar-refractivity contribution in [2.24, 2.45) is 5.73 Å². The van der Waals surface area contributed by atoms with Crippen LogP contribution in [-0.4, -0.2) is 17.1 Å². The molecule has 0 aliphatic heterocycles. The molecule has 1 aromatic carbocycles. The Balaban J connectivity index is 2.70. The zero-order valence-electron chi connectivity index (χ0n) is 7.48. The van der Waals surface area contributed by atoms with Crippen molar-refractivity contribution in [3.05, 3.63) is 24.1 Å². The number of fused-ring (bicyclic) bond motifs is 1. The van der Waals surface area contributed by atoms with E-state index in [-0.39, 0.29) is 5.89 Å². The lowest BCUT2D eigenvalue weighted by atomic mass is 10.3. The first-order valence-corrected chi connectivity index (χ1v) is 5.18. The molecule has 72 valence electrons. The highest BCUT2D eigenvalue weighted by Crippen LogP contribution is 2.26. The fourth-order valence-corrected chi connectivity index (χ4v) is 1.74. The lowest BCUT2D eigenvalue weighted by molar-refractivity contribution is 0.0969. The van der Waals surface area contributed by atoms with Gasteiger partial charge in [0.25, 0.3) is 5.89 Å². The van der Waals surface area contributed by atoms with Crippen molar-refractivity contribution in [2.75, 3.05) is 6.26 Å². The zero-order valence-corrected chi connectivity index (χ0v) is 8.30. The number of primary amides is 1. The number of carbonyl (C=O) groups is 1. The molecule has 2 aromatic rings. The molecule has 0 saturated carbocycles. The Hall–Kier alpha value is -1.49. The molecule has 0 atom stereocenters. The number of nitrogens with two attached hydrogens (primary N) is 1. The van der Waals surface area contributed by atoms with Crippen LogP contribution in [0.4, 0.5) is 0 Å². The molecule has 0 radical (unpaired) electrons. The van der Waals surface area contributed by atoms with E-state index in [1.807, 2.05) is 18.4 Å². The summed E-state index contributed by atoms with van der Waals surface area (Å²) in [4.78, 5) is 15.7. The van der Waals surface area contributed by atoms with Crippen LogP contribution < -0.4 is 5.73 Å². The summed E-state index contributed by atoms with van der Waals surface area (Å²) >= 11 is 1.54. The number of nitrogens with zero attached hydrogens (tertiary/aromatic N) is 1. The van der Waals surface area contributed by atoms with Gasteiger partial charge in [-0.2, -0.15) is 0 Å². The number of rotatable bonds is 2. The molecule has 0 bridgehead atoms. The molecular weight excluding hydrogens is 200 g/mol. The predicted octanol–water partition coefficient (Wildman–Crippen LogP) is 1.65. The van der Waals surface area contributed by atoms with Crippen LogP contribution in [-0.2, 0) is 0 Å².